The van der Waals surface area contributed by atoms with Crippen LogP contribution in [0.4, 0.5) is 0 Å². The summed E-state index contributed by atoms with van der Waals surface area (Å²) in [5, 5.41) is 38.2. The largest absolute Gasteiger partial charge is 0.504 e. The molecule has 0 bridgehead atoms. The number of H-pyrrole nitrogens is 1. The first kappa shape index (κ1) is 25.8. The number of benzene rings is 2. The molecule has 9 heteroatoms. The number of aromatic nitrogens is 1. The summed E-state index contributed by atoms with van der Waals surface area (Å²) in [6.07, 6.45) is 2.86. The zero-order valence-electron chi connectivity index (χ0n) is 20.3. The molecular weight excluding hydrogens is 480 g/mol. The van der Waals surface area contributed by atoms with Crippen LogP contribution in [0.1, 0.15) is 42.4 Å². The van der Waals surface area contributed by atoms with Crippen molar-refractivity contribution < 1.29 is 20.1 Å². The molecule has 0 amide bonds. The topological polar surface area (TPSA) is 147 Å². The number of likely N-dealkylation sites (N-methyl/N-ethyl adjacent to an activating group) is 1. The third-order valence-electron chi connectivity index (χ3n) is 7.36. The number of carboxylic acids is 1. The maximum Gasteiger partial charge on any atom is 0.323 e. The number of phenolic OH excluding ortho intramolecular Hbond substituents is 2. The Morgan fingerprint density at radius 1 is 1.31 bits per heavy atom. The Labute approximate surface area is 214 Å². The molecule has 1 aromatic heterocycles. The number of fused-ring (bicyclic) bond motifs is 2. The number of aliphatic carboxylic acids is 1. The molecule has 1 fully saturated rings. The number of phenols is 2. The number of halogens is 1. The van der Waals surface area contributed by atoms with E-state index in [0.29, 0.717) is 29.9 Å². The first-order valence-corrected chi connectivity index (χ1v) is 12.3. The van der Waals surface area contributed by atoms with Gasteiger partial charge in [0.25, 0.3) is 0 Å². The molecule has 5 rings (SSSR count). The van der Waals surface area contributed by atoms with E-state index in [9.17, 15) is 9.90 Å². The second kappa shape index (κ2) is 10.0. The number of aromatic hydroxyl groups is 2. The fraction of sp³-hybridized carbons (Fsp3) is 0.407. The van der Waals surface area contributed by atoms with Gasteiger partial charge in [-0.05, 0) is 67.6 Å². The third-order valence-corrected chi connectivity index (χ3v) is 7.69. The van der Waals surface area contributed by atoms with Crippen LogP contribution in [0.3, 0.4) is 0 Å². The third kappa shape index (κ3) is 5.00. The van der Waals surface area contributed by atoms with Crippen molar-refractivity contribution in [1.29, 1.82) is 5.26 Å². The number of carbonyl (C=O) groups is 1. The molecule has 6 N–H and O–H groups in total. The Bertz CT molecular complexity index is 1330. The molecule has 4 atom stereocenters. The van der Waals surface area contributed by atoms with Gasteiger partial charge < -0.3 is 30.9 Å². The van der Waals surface area contributed by atoms with Crippen LogP contribution in [-0.4, -0.2) is 56.3 Å². The number of nitrogens with zero attached hydrogens (tertiary/aromatic N) is 2. The van der Waals surface area contributed by atoms with Crippen LogP contribution in [0.15, 0.2) is 36.4 Å². The molecule has 2 aliphatic rings. The lowest BCUT2D eigenvalue weighted by Crippen LogP contribution is -2.47. The van der Waals surface area contributed by atoms with E-state index in [1.807, 2.05) is 0 Å². The van der Waals surface area contributed by atoms with Crippen LogP contribution in [0.2, 0.25) is 5.15 Å². The highest BCUT2D eigenvalue weighted by Crippen LogP contribution is 2.46. The Morgan fingerprint density at radius 3 is 2.72 bits per heavy atom. The fourth-order valence-corrected chi connectivity index (χ4v) is 5.83. The van der Waals surface area contributed by atoms with Gasteiger partial charge in [0, 0.05) is 42.2 Å². The van der Waals surface area contributed by atoms with Gasteiger partial charge in [0.15, 0.2) is 11.5 Å². The predicted molar refractivity (Wildman–Crippen MR) is 138 cm³/mol. The second-order valence-electron chi connectivity index (χ2n) is 10.2. The van der Waals surface area contributed by atoms with Crippen molar-refractivity contribution in [2.24, 2.45) is 11.7 Å². The molecule has 0 radical (unpaired) electrons. The van der Waals surface area contributed by atoms with E-state index in [4.69, 9.17) is 32.8 Å². The van der Waals surface area contributed by atoms with Crippen LogP contribution >= 0.6 is 11.6 Å². The molecule has 1 aliphatic carbocycles. The number of hydrogen-bond donors (Lipinski definition) is 5. The number of rotatable bonds is 4. The number of piperidine rings is 1. The van der Waals surface area contributed by atoms with Gasteiger partial charge in [-0.15, -0.1) is 0 Å². The summed E-state index contributed by atoms with van der Waals surface area (Å²) in [4.78, 5) is 16.5. The van der Waals surface area contributed by atoms with Gasteiger partial charge in [-0.1, -0.05) is 29.8 Å². The molecule has 190 valence electrons. The average molecular weight is 511 g/mol. The van der Waals surface area contributed by atoms with Crippen molar-refractivity contribution in [3.8, 4) is 17.6 Å². The van der Waals surface area contributed by atoms with Gasteiger partial charge in [-0.25, -0.2) is 0 Å². The first-order chi connectivity index (χ1) is 17.0. The van der Waals surface area contributed by atoms with Crippen molar-refractivity contribution in [2.75, 3.05) is 13.6 Å². The number of nitrogens with two attached hydrogens (primary N) is 1. The van der Waals surface area contributed by atoms with Gasteiger partial charge in [0.1, 0.15) is 10.7 Å². The van der Waals surface area contributed by atoms with Crippen molar-refractivity contribution >= 4 is 28.5 Å². The number of aromatic amines is 1. The summed E-state index contributed by atoms with van der Waals surface area (Å²) in [6, 6.07) is 13.4. The van der Waals surface area contributed by atoms with Crippen molar-refractivity contribution in [3.05, 3.63) is 58.2 Å². The number of likely N-dealkylation sites (tertiary alicyclic amines) is 1. The summed E-state index contributed by atoms with van der Waals surface area (Å²) < 4.78 is 0. The lowest BCUT2D eigenvalue weighted by molar-refractivity contribution is -0.142. The summed E-state index contributed by atoms with van der Waals surface area (Å²) in [6.45, 7) is 2.40. The van der Waals surface area contributed by atoms with Gasteiger partial charge >= 0.3 is 5.97 Å². The van der Waals surface area contributed by atoms with Gasteiger partial charge in [0.2, 0.25) is 0 Å². The minimum atomic E-state index is -1.39. The summed E-state index contributed by atoms with van der Waals surface area (Å²) in [5.74, 6) is -0.644. The maximum atomic E-state index is 10.7. The van der Waals surface area contributed by atoms with E-state index in [0.717, 1.165) is 30.1 Å². The highest BCUT2D eigenvalue weighted by atomic mass is 35.5. The molecule has 2 heterocycles. The smallest absolute Gasteiger partial charge is 0.323 e. The van der Waals surface area contributed by atoms with Gasteiger partial charge in [-0.3, -0.25) is 4.79 Å². The van der Waals surface area contributed by atoms with E-state index < -0.39 is 11.5 Å². The molecule has 1 saturated heterocycles. The molecule has 0 spiro atoms. The molecule has 36 heavy (non-hydrogen) atoms. The lowest BCUT2D eigenvalue weighted by Gasteiger charge is -2.45. The molecule has 8 nitrogen and oxygen atoms in total. The van der Waals surface area contributed by atoms with Gasteiger partial charge in [-0.2, -0.15) is 5.26 Å². The Kier molecular flexibility index (Phi) is 7.19. The molecular formula is C27H31ClN4O4. The van der Waals surface area contributed by atoms with Crippen LogP contribution in [0.25, 0.3) is 10.9 Å². The average Bonchev–Trinajstić information content (AvgIpc) is 3.14. The Balaban J connectivity index is 0.000000181. The molecule has 0 unspecified atom stereocenters. The summed E-state index contributed by atoms with van der Waals surface area (Å²) >= 11 is 6.41. The SMILES string of the molecule is CN1C[C@H](CC#N)C[C@@H]2c3cccc4[nH]c(Cl)c(c34)C[C@H]21.C[C@](N)(Cc1ccc(O)c(O)c1)C(=O)O. The standard InChI is InChI=1S/C17H18ClN3.C10H13NO4/c1-21-9-10(5-6-19)7-12-11-3-2-4-14-16(11)13(8-15(12)21)17(18)20-14;1-10(11,9(14)15)5-6-2-3-7(12)8(13)4-6/h2-4,10,12,15,20H,5,7-9H2,1H3;2-4,12-13H,5,11H2,1H3,(H,14,15)/t10-,12-,15-;10-/m10/s1. The van der Waals surface area contributed by atoms with Crippen molar-refractivity contribution in [1.82, 2.24) is 9.88 Å². The number of hydrogen-bond acceptors (Lipinski definition) is 6. The summed E-state index contributed by atoms with van der Waals surface area (Å²) in [5.41, 5.74) is 8.54. The van der Waals surface area contributed by atoms with Crippen LogP contribution in [0, 0.1) is 17.2 Å². The van der Waals surface area contributed by atoms with E-state index in [2.05, 4.69) is 41.2 Å². The van der Waals surface area contributed by atoms with Gasteiger partial charge in [0.05, 0.1) is 6.07 Å². The fourth-order valence-electron chi connectivity index (χ4n) is 5.55. The van der Waals surface area contributed by atoms with E-state index in [1.165, 1.54) is 41.6 Å². The molecule has 1 aliphatic heterocycles. The number of nitriles is 1. The maximum absolute atomic E-state index is 10.7. The number of nitrogens with one attached hydrogen (secondary N) is 1. The van der Waals surface area contributed by atoms with Crippen molar-refractivity contribution in [3.63, 3.8) is 0 Å². The zero-order chi connectivity index (χ0) is 26.2. The highest BCUT2D eigenvalue weighted by molar-refractivity contribution is 6.32. The first-order valence-electron chi connectivity index (χ1n) is 11.9. The minimum absolute atomic E-state index is 0.0795. The van der Waals surface area contributed by atoms with Crippen LogP contribution in [0.5, 0.6) is 11.5 Å². The minimum Gasteiger partial charge on any atom is -0.504 e. The Hall–Kier alpha value is -3.25. The zero-order valence-corrected chi connectivity index (χ0v) is 21.1. The molecule has 3 aromatic rings. The van der Waals surface area contributed by atoms with Crippen molar-refractivity contribution in [2.45, 2.75) is 50.1 Å². The quantitative estimate of drug-likeness (QED) is 0.331. The van der Waals surface area contributed by atoms with E-state index >= 15 is 0 Å². The highest BCUT2D eigenvalue weighted by Gasteiger charge is 2.40. The van der Waals surface area contributed by atoms with Crippen LogP contribution < -0.4 is 5.73 Å². The lowest BCUT2D eigenvalue weighted by atomic mass is 9.72. The van der Waals surface area contributed by atoms with E-state index in [-0.39, 0.29) is 17.9 Å². The molecule has 2 aromatic carbocycles. The molecule has 0 saturated carbocycles. The normalized spacial score (nSPS) is 22.6. The van der Waals surface area contributed by atoms with E-state index in [1.54, 1.807) is 0 Å². The van der Waals surface area contributed by atoms with Crippen LogP contribution in [-0.2, 0) is 17.6 Å². The monoisotopic (exact) mass is 510 g/mol. The number of carboxylic acid groups (broad SMARTS) is 1. The Morgan fingerprint density at radius 2 is 2.06 bits per heavy atom. The summed E-state index contributed by atoms with van der Waals surface area (Å²) in [7, 11) is 2.19. The second-order valence-corrected chi connectivity index (χ2v) is 10.6. The predicted octanol–water partition coefficient (Wildman–Crippen LogP) is 4.14.